The Morgan fingerprint density at radius 1 is 1.32 bits per heavy atom. The summed E-state index contributed by atoms with van der Waals surface area (Å²) >= 11 is 9.87. The molecule has 0 amide bonds. The summed E-state index contributed by atoms with van der Waals surface area (Å²) in [6, 6.07) is 14.8. The van der Waals surface area contributed by atoms with Gasteiger partial charge in [0.05, 0.1) is 11.1 Å². The quantitative estimate of drug-likeness (QED) is 0.618. The molecule has 0 aliphatic carbocycles. The largest absolute Gasteiger partial charge is 0.309 e. The van der Waals surface area contributed by atoms with E-state index in [4.69, 9.17) is 16.6 Å². The topological polar surface area (TPSA) is 24.4 Å². The number of nitrogens with zero attached hydrogens (tertiary/aromatic N) is 1. The van der Waals surface area contributed by atoms with Crippen LogP contribution < -0.4 is 5.32 Å². The molecule has 0 bridgehead atoms. The summed E-state index contributed by atoms with van der Waals surface area (Å²) in [6.07, 6.45) is 3.17. The van der Waals surface area contributed by atoms with Crippen LogP contribution in [0.1, 0.15) is 30.4 Å². The smallest absolute Gasteiger partial charge is 0.0679 e. The summed E-state index contributed by atoms with van der Waals surface area (Å²) < 4.78 is 1.05. The van der Waals surface area contributed by atoms with E-state index in [-0.39, 0.29) is 11.5 Å². The summed E-state index contributed by atoms with van der Waals surface area (Å²) in [4.78, 5) is 4.80. The average molecular weight is 416 g/mol. The minimum atomic E-state index is -0.231. The minimum absolute atomic E-state index is 0.149. The molecule has 2 aliphatic rings. The normalized spacial score (nSPS) is 27.5. The summed E-state index contributed by atoms with van der Waals surface area (Å²) in [5, 5.41) is 4.47. The van der Waals surface area contributed by atoms with Crippen molar-refractivity contribution in [3.8, 4) is 0 Å². The lowest BCUT2D eigenvalue weighted by Gasteiger charge is -2.47. The zero-order valence-electron chi connectivity index (χ0n) is 14.1. The molecular weight excluding hydrogens is 396 g/mol. The number of aliphatic imine (C=N–C) groups is 1. The maximum absolute atomic E-state index is 6.31. The summed E-state index contributed by atoms with van der Waals surface area (Å²) in [5.74, 6) is 0.306. The first kappa shape index (κ1) is 17.0. The molecule has 2 nitrogen and oxygen atoms in total. The van der Waals surface area contributed by atoms with Crippen molar-refractivity contribution < 1.29 is 0 Å². The van der Waals surface area contributed by atoms with Gasteiger partial charge in [0.25, 0.3) is 0 Å². The molecule has 128 valence electrons. The van der Waals surface area contributed by atoms with Crippen LogP contribution in [0.3, 0.4) is 0 Å². The lowest BCUT2D eigenvalue weighted by molar-refractivity contribution is 0.294. The zero-order chi connectivity index (χ0) is 17.6. The van der Waals surface area contributed by atoms with Crippen molar-refractivity contribution >= 4 is 39.4 Å². The number of hydrogen-bond donors (Lipinski definition) is 1. The van der Waals surface area contributed by atoms with Crippen LogP contribution in [0.2, 0.25) is 5.02 Å². The number of halogens is 2. The van der Waals surface area contributed by atoms with E-state index >= 15 is 0 Å². The molecule has 2 heterocycles. The van der Waals surface area contributed by atoms with Gasteiger partial charge in [-0.3, -0.25) is 4.99 Å². The SMILES string of the molecule is C=C(C)[C@H]1NCC[C@@H](c2cccc(Cl)c2)[C@]12C=Nc1cc(Br)ccc12. The standard InChI is InChI=1S/C21H20BrClN2/c1-13(2)20-21(12-25-19-11-15(22)6-7-18(19)21)17(8-9-24-20)14-4-3-5-16(23)10-14/h3-7,10-12,17,20,24H,1,8-9H2,2H3/t17-,20+,21-/m0/s1. The Labute approximate surface area is 162 Å². The van der Waals surface area contributed by atoms with E-state index in [0.29, 0.717) is 5.92 Å². The Hall–Kier alpha value is -1.42. The molecule has 1 fully saturated rings. The highest BCUT2D eigenvalue weighted by atomic mass is 79.9. The molecule has 4 rings (SSSR count). The van der Waals surface area contributed by atoms with E-state index in [1.165, 1.54) is 11.1 Å². The van der Waals surface area contributed by atoms with E-state index in [1.54, 1.807) is 0 Å². The lowest BCUT2D eigenvalue weighted by Crippen LogP contribution is -2.57. The van der Waals surface area contributed by atoms with Crippen molar-refractivity contribution in [2.75, 3.05) is 6.54 Å². The Balaban J connectivity index is 1.93. The van der Waals surface area contributed by atoms with Crippen molar-refractivity contribution in [2.45, 2.75) is 30.7 Å². The van der Waals surface area contributed by atoms with Crippen LogP contribution >= 0.6 is 27.5 Å². The number of piperidine rings is 1. The number of benzene rings is 2. The van der Waals surface area contributed by atoms with Crippen LogP contribution in [0.25, 0.3) is 0 Å². The Kier molecular flexibility index (Phi) is 4.35. The molecule has 2 aliphatic heterocycles. The maximum Gasteiger partial charge on any atom is 0.0679 e. The monoisotopic (exact) mass is 414 g/mol. The van der Waals surface area contributed by atoms with Crippen LogP contribution in [-0.4, -0.2) is 18.8 Å². The number of fused-ring (bicyclic) bond motifs is 2. The van der Waals surface area contributed by atoms with Gasteiger partial charge in [-0.2, -0.15) is 0 Å². The molecule has 3 atom stereocenters. The number of rotatable bonds is 2. The van der Waals surface area contributed by atoms with E-state index in [0.717, 1.165) is 33.7 Å². The molecule has 1 N–H and O–H groups in total. The van der Waals surface area contributed by atoms with Gasteiger partial charge in [0.1, 0.15) is 0 Å². The zero-order valence-corrected chi connectivity index (χ0v) is 16.4. The van der Waals surface area contributed by atoms with E-state index in [9.17, 15) is 0 Å². The fourth-order valence-corrected chi connectivity index (χ4v) is 5.01. The van der Waals surface area contributed by atoms with E-state index in [2.05, 4.69) is 71.3 Å². The average Bonchev–Trinajstić information content (AvgIpc) is 2.93. The second kappa shape index (κ2) is 6.39. The van der Waals surface area contributed by atoms with Gasteiger partial charge in [0.2, 0.25) is 0 Å². The Bertz CT molecular complexity index is 876. The third-order valence-electron chi connectivity index (χ3n) is 5.42. The predicted molar refractivity (Wildman–Crippen MR) is 109 cm³/mol. The van der Waals surface area contributed by atoms with Crippen LogP contribution in [-0.2, 0) is 5.41 Å². The van der Waals surface area contributed by atoms with Gasteiger partial charge in [-0.25, -0.2) is 0 Å². The van der Waals surface area contributed by atoms with Crippen molar-refractivity contribution in [1.82, 2.24) is 5.32 Å². The molecule has 4 heteroatoms. The van der Waals surface area contributed by atoms with Crippen molar-refractivity contribution in [2.24, 2.45) is 4.99 Å². The third kappa shape index (κ3) is 2.69. The van der Waals surface area contributed by atoms with Crippen molar-refractivity contribution in [1.29, 1.82) is 0 Å². The predicted octanol–water partition coefficient (Wildman–Crippen LogP) is 5.78. The van der Waals surface area contributed by atoms with Gasteiger partial charge in [0, 0.05) is 27.7 Å². The van der Waals surface area contributed by atoms with Gasteiger partial charge in [-0.15, -0.1) is 0 Å². The first-order chi connectivity index (χ1) is 12.0. The maximum atomic E-state index is 6.31. The molecule has 2 aromatic carbocycles. The van der Waals surface area contributed by atoms with Crippen molar-refractivity contribution in [3.63, 3.8) is 0 Å². The van der Waals surface area contributed by atoms with Crippen LogP contribution in [0.15, 0.2) is 64.1 Å². The Morgan fingerprint density at radius 3 is 2.92 bits per heavy atom. The lowest BCUT2D eigenvalue weighted by atomic mass is 9.60. The molecule has 0 unspecified atom stereocenters. The van der Waals surface area contributed by atoms with Crippen LogP contribution in [0.4, 0.5) is 5.69 Å². The minimum Gasteiger partial charge on any atom is -0.309 e. The van der Waals surface area contributed by atoms with Gasteiger partial charge in [-0.05, 0) is 55.3 Å². The summed E-state index contributed by atoms with van der Waals surface area (Å²) in [7, 11) is 0. The number of hydrogen-bond acceptors (Lipinski definition) is 2. The summed E-state index contributed by atoms with van der Waals surface area (Å²) in [6.45, 7) is 7.33. The van der Waals surface area contributed by atoms with Gasteiger partial charge < -0.3 is 5.32 Å². The van der Waals surface area contributed by atoms with Crippen LogP contribution in [0.5, 0.6) is 0 Å². The first-order valence-corrected chi connectivity index (χ1v) is 9.69. The van der Waals surface area contributed by atoms with E-state index in [1.807, 2.05) is 12.1 Å². The highest BCUT2D eigenvalue weighted by Gasteiger charge is 2.51. The molecule has 25 heavy (non-hydrogen) atoms. The highest BCUT2D eigenvalue weighted by molar-refractivity contribution is 9.10. The van der Waals surface area contributed by atoms with Crippen molar-refractivity contribution in [3.05, 3.63) is 75.2 Å². The Morgan fingerprint density at radius 2 is 2.16 bits per heavy atom. The molecule has 0 aromatic heterocycles. The highest BCUT2D eigenvalue weighted by Crippen LogP contribution is 2.52. The first-order valence-electron chi connectivity index (χ1n) is 8.52. The van der Waals surface area contributed by atoms with Gasteiger partial charge in [0.15, 0.2) is 0 Å². The van der Waals surface area contributed by atoms with E-state index < -0.39 is 0 Å². The third-order valence-corrected chi connectivity index (χ3v) is 6.15. The second-order valence-electron chi connectivity index (χ2n) is 6.98. The molecule has 2 aromatic rings. The van der Waals surface area contributed by atoms with Crippen LogP contribution in [0, 0.1) is 0 Å². The molecule has 1 spiro atoms. The molecule has 1 saturated heterocycles. The number of nitrogens with one attached hydrogen (secondary N) is 1. The van der Waals surface area contributed by atoms with Gasteiger partial charge >= 0.3 is 0 Å². The summed E-state index contributed by atoms with van der Waals surface area (Å²) in [5.41, 5.74) is 4.47. The van der Waals surface area contributed by atoms with Gasteiger partial charge in [-0.1, -0.05) is 57.9 Å². The molecular formula is C21H20BrClN2. The second-order valence-corrected chi connectivity index (χ2v) is 8.33. The fraction of sp³-hybridized carbons (Fsp3) is 0.286. The molecule has 0 radical (unpaired) electrons. The fourth-order valence-electron chi connectivity index (χ4n) is 4.46. The molecule has 0 saturated carbocycles.